The Labute approximate surface area is 137 Å². The standard InChI is InChI=1S/C18H25N3O2/c1-13(2)6-4-7-14(3)10-11-20-18(23)21-16-9-5-8-15(12-16)17(19)22/h5-6,8-10,12H,4,7,11H2,1-3H3,(H2,19,22)(H2,20,21,23). The van der Waals surface area contributed by atoms with Crippen molar-refractivity contribution in [1.29, 1.82) is 0 Å². The number of carbonyl (C=O) groups excluding carboxylic acids is 2. The quantitative estimate of drug-likeness (QED) is 0.672. The first kappa shape index (κ1) is 18.5. The number of benzene rings is 1. The molecule has 3 amide bonds. The molecule has 0 fully saturated rings. The van der Waals surface area contributed by atoms with E-state index in [0.717, 1.165) is 12.8 Å². The molecule has 0 aliphatic heterocycles. The molecule has 5 nitrogen and oxygen atoms in total. The van der Waals surface area contributed by atoms with Crippen molar-refractivity contribution in [3.63, 3.8) is 0 Å². The lowest BCUT2D eigenvalue weighted by atomic mass is 10.1. The number of amides is 3. The van der Waals surface area contributed by atoms with Gasteiger partial charge in [-0.3, -0.25) is 4.79 Å². The van der Waals surface area contributed by atoms with Crippen LogP contribution in [0.1, 0.15) is 44.0 Å². The summed E-state index contributed by atoms with van der Waals surface area (Å²) in [7, 11) is 0. The minimum Gasteiger partial charge on any atom is -0.366 e. The van der Waals surface area contributed by atoms with E-state index in [9.17, 15) is 9.59 Å². The van der Waals surface area contributed by atoms with Gasteiger partial charge in [0.25, 0.3) is 0 Å². The Morgan fingerprint density at radius 2 is 1.91 bits per heavy atom. The van der Waals surface area contributed by atoms with E-state index in [4.69, 9.17) is 5.73 Å². The highest BCUT2D eigenvalue weighted by atomic mass is 16.2. The molecular weight excluding hydrogens is 290 g/mol. The number of nitrogens with one attached hydrogen (secondary N) is 2. The molecule has 0 aliphatic rings. The lowest BCUT2D eigenvalue weighted by Gasteiger charge is -2.07. The Kier molecular flexibility index (Phi) is 7.60. The first-order chi connectivity index (χ1) is 10.9. The molecule has 0 aliphatic carbocycles. The summed E-state index contributed by atoms with van der Waals surface area (Å²) in [6.07, 6.45) is 6.19. The molecule has 23 heavy (non-hydrogen) atoms. The van der Waals surface area contributed by atoms with Crippen molar-refractivity contribution < 1.29 is 9.59 Å². The fraction of sp³-hybridized carbons (Fsp3) is 0.333. The predicted molar refractivity (Wildman–Crippen MR) is 94.4 cm³/mol. The molecule has 0 radical (unpaired) electrons. The highest BCUT2D eigenvalue weighted by molar-refractivity contribution is 5.95. The van der Waals surface area contributed by atoms with Crippen molar-refractivity contribution in [3.8, 4) is 0 Å². The van der Waals surface area contributed by atoms with Gasteiger partial charge in [0.2, 0.25) is 5.91 Å². The number of allylic oxidation sites excluding steroid dienone is 3. The molecule has 0 saturated carbocycles. The Balaban J connectivity index is 2.41. The van der Waals surface area contributed by atoms with Crippen LogP contribution < -0.4 is 16.4 Å². The Morgan fingerprint density at radius 3 is 2.57 bits per heavy atom. The van der Waals surface area contributed by atoms with Gasteiger partial charge in [0, 0.05) is 17.8 Å². The summed E-state index contributed by atoms with van der Waals surface area (Å²) in [6, 6.07) is 6.20. The monoisotopic (exact) mass is 315 g/mol. The maximum Gasteiger partial charge on any atom is 0.319 e. The van der Waals surface area contributed by atoms with Gasteiger partial charge < -0.3 is 16.4 Å². The summed E-state index contributed by atoms with van der Waals surface area (Å²) < 4.78 is 0. The topological polar surface area (TPSA) is 84.2 Å². The fourth-order valence-corrected chi connectivity index (χ4v) is 1.93. The summed E-state index contributed by atoms with van der Waals surface area (Å²) in [5.74, 6) is -0.524. The van der Waals surface area contributed by atoms with Crippen LogP contribution in [0.15, 0.2) is 47.6 Å². The van der Waals surface area contributed by atoms with Gasteiger partial charge in [0.15, 0.2) is 0 Å². The van der Waals surface area contributed by atoms with Gasteiger partial charge in [-0.1, -0.05) is 29.4 Å². The van der Waals surface area contributed by atoms with E-state index in [1.165, 1.54) is 11.1 Å². The van der Waals surface area contributed by atoms with Crippen LogP contribution in [-0.2, 0) is 0 Å². The molecule has 0 spiro atoms. The molecule has 0 bridgehead atoms. The third-order valence-electron chi connectivity index (χ3n) is 3.21. The van der Waals surface area contributed by atoms with Crippen LogP contribution in [0.5, 0.6) is 0 Å². The minimum absolute atomic E-state index is 0.319. The van der Waals surface area contributed by atoms with Gasteiger partial charge in [-0.2, -0.15) is 0 Å². The zero-order chi connectivity index (χ0) is 17.2. The summed E-state index contributed by atoms with van der Waals surface area (Å²) in [5, 5.41) is 5.42. The molecule has 0 atom stereocenters. The van der Waals surface area contributed by atoms with E-state index in [0.29, 0.717) is 17.8 Å². The van der Waals surface area contributed by atoms with E-state index < -0.39 is 5.91 Å². The number of hydrogen-bond donors (Lipinski definition) is 3. The third kappa shape index (κ3) is 7.85. The van der Waals surface area contributed by atoms with Gasteiger partial charge in [0.05, 0.1) is 0 Å². The number of carbonyl (C=O) groups is 2. The second-order valence-electron chi connectivity index (χ2n) is 5.65. The van der Waals surface area contributed by atoms with E-state index in [1.807, 2.05) is 6.08 Å². The first-order valence-corrected chi connectivity index (χ1v) is 7.62. The fourth-order valence-electron chi connectivity index (χ4n) is 1.93. The van der Waals surface area contributed by atoms with Crippen LogP contribution in [0.4, 0.5) is 10.5 Å². The van der Waals surface area contributed by atoms with Gasteiger partial charge >= 0.3 is 6.03 Å². The molecule has 5 heteroatoms. The number of rotatable bonds is 7. The van der Waals surface area contributed by atoms with Crippen molar-refractivity contribution in [3.05, 3.63) is 53.1 Å². The van der Waals surface area contributed by atoms with Gasteiger partial charge in [-0.15, -0.1) is 0 Å². The number of anilines is 1. The molecule has 4 N–H and O–H groups in total. The van der Waals surface area contributed by atoms with E-state index in [1.54, 1.807) is 24.3 Å². The molecule has 124 valence electrons. The second-order valence-corrected chi connectivity index (χ2v) is 5.65. The van der Waals surface area contributed by atoms with Crippen LogP contribution in [0.25, 0.3) is 0 Å². The van der Waals surface area contributed by atoms with Crippen LogP contribution in [0.3, 0.4) is 0 Å². The molecule has 1 aromatic carbocycles. The van der Waals surface area contributed by atoms with Gasteiger partial charge in [0.1, 0.15) is 0 Å². The minimum atomic E-state index is -0.524. The number of hydrogen-bond acceptors (Lipinski definition) is 2. The molecular formula is C18H25N3O2. The van der Waals surface area contributed by atoms with Gasteiger partial charge in [-0.25, -0.2) is 4.79 Å². The van der Waals surface area contributed by atoms with Crippen LogP contribution in [-0.4, -0.2) is 18.5 Å². The van der Waals surface area contributed by atoms with Crippen molar-refractivity contribution in [2.24, 2.45) is 5.73 Å². The number of nitrogens with two attached hydrogens (primary N) is 1. The predicted octanol–water partition coefficient (Wildman–Crippen LogP) is 3.60. The average molecular weight is 315 g/mol. The molecule has 0 saturated heterocycles. The van der Waals surface area contributed by atoms with E-state index in [2.05, 4.69) is 37.5 Å². The highest BCUT2D eigenvalue weighted by Crippen LogP contribution is 2.10. The van der Waals surface area contributed by atoms with Crippen molar-refractivity contribution in [2.45, 2.75) is 33.6 Å². The Morgan fingerprint density at radius 1 is 1.17 bits per heavy atom. The van der Waals surface area contributed by atoms with Crippen LogP contribution in [0.2, 0.25) is 0 Å². The normalized spacial score (nSPS) is 10.8. The van der Waals surface area contributed by atoms with Crippen molar-refractivity contribution in [2.75, 3.05) is 11.9 Å². The summed E-state index contributed by atoms with van der Waals surface area (Å²) in [5.41, 5.74) is 8.64. The molecule has 1 aromatic rings. The molecule has 0 unspecified atom stereocenters. The van der Waals surface area contributed by atoms with Gasteiger partial charge in [-0.05, 0) is 51.8 Å². The maximum atomic E-state index is 11.8. The third-order valence-corrected chi connectivity index (χ3v) is 3.21. The van der Waals surface area contributed by atoms with E-state index >= 15 is 0 Å². The highest BCUT2D eigenvalue weighted by Gasteiger charge is 2.04. The summed E-state index contributed by atoms with van der Waals surface area (Å²) in [4.78, 5) is 22.9. The zero-order valence-corrected chi connectivity index (χ0v) is 14.0. The number of urea groups is 1. The summed E-state index contributed by atoms with van der Waals surface area (Å²) >= 11 is 0. The summed E-state index contributed by atoms with van der Waals surface area (Å²) in [6.45, 7) is 6.67. The lowest BCUT2D eigenvalue weighted by molar-refractivity contribution is 0.100. The molecule has 0 heterocycles. The zero-order valence-electron chi connectivity index (χ0n) is 14.0. The maximum absolute atomic E-state index is 11.8. The lowest BCUT2D eigenvalue weighted by Crippen LogP contribution is -2.29. The van der Waals surface area contributed by atoms with Crippen molar-refractivity contribution in [1.82, 2.24) is 5.32 Å². The average Bonchev–Trinajstić information content (AvgIpc) is 2.47. The Hall–Kier alpha value is -2.56. The van der Waals surface area contributed by atoms with Crippen LogP contribution in [0, 0.1) is 0 Å². The van der Waals surface area contributed by atoms with Crippen LogP contribution >= 0.6 is 0 Å². The largest absolute Gasteiger partial charge is 0.366 e. The second kappa shape index (κ2) is 9.46. The van der Waals surface area contributed by atoms with Crippen molar-refractivity contribution >= 4 is 17.6 Å². The van der Waals surface area contributed by atoms with E-state index in [-0.39, 0.29) is 6.03 Å². The molecule has 1 rings (SSSR count). The molecule has 0 aromatic heterocycles. The SMILES string of the molecule is CC(C)=CCCC(C)=CCNC(=O)Nc1cccc(C(N)=O)c1. The first-order valence-electron chi connectivity index (χ1n) is 7.62. The Bertz CT molecular complexity index is 614. The number of primary amides is 1. The smallest absolute Gasteiger partial charge is 0.319 e.